The first-order valence-corrected chi connectivity index (χ1v) is 13.4. The van der Waals surface area contributed by atoms with Crippen LogP contribution in [-0.2, 0) is 21.2 Å². The lowest BCUT2D eigenvalue weighted by Crippen LogP contribution is -2.51. The third-order valence-electron chi connectivity index (χ3n) is 6.46. The standard InChI is InChI=1S/C26H32N6O3S.ClH/c27-22-9-3-5-18(13-22)14-24(25(33)30-16-19-6-4-12-32(17-19)26(28)29)31-36(34,35)23-11-10-20-7-1-2-8-21(20)15-23;/h1-3,5,7-11,13,15,19,24,31H,4,6,12,14,16-17,27H2,(H3,28,29)(H,30,33);1H/t19-,24?;/m0./s1. The number of carbonyl (C=O) groups excluding carboxylic acids is 1. The monoisotopic (exact) mass is 544 g/mol. The predicted molar refractivity (Wildman–Crippen MR) is 149 cm³/mol. The average molecular weight is 545 g/mol. The van der Waals surface area contributed by atoms with Crippen LogP contribution in [0.5, 0.6) is 0 Å². The zero-order chi connectivity index (χ0) is 25.7. The summed E-state index contributed by atoms with van der Waals surface area (Å²) in [6.07, 6.45) is 1.92. The highest BCUT2D eigenvalue weighted by atomic mass is 35.5. The highest BCUT2D eigenvalue weighted by molar-refractivity contribution is 7.89. The number of guanidine groups is 1. The number of sulfonamides is 1. The fraction of sp³-hybridized carbons (Fsp3) is 0.308. The van der Waals surface area contributed by atoms with E-state index < -0.39 is 22.0 Å². The molecule has 0 aromatic heterocycles. The van der Waals surface area contributed by atoms with Gasteiger partial charge in [-0.2, -0.15) is 4.72 Å². The van der Waals surface area contributed by atoms with Gasteiger partial charge in [0.05, 0.1) is 4.90 Å². The first-order valence-electron chi connectivity index (χ1n) is 11.9. The van der Waals surface area contributed by atoms with Crippen molar-refractivity contribution in [2.24, 2.45) is 11.7 Å². The minimum absolute atomic E-state index is 0. The summed E-state index contributed by atoms with van der Waals surface area (Å²) >= 11 is 0. The average Bonchev–Trinajstić information content (AvgIpc) is 2.86. The molecule has 1 aliphatic rings. The summed E-state index contributed by atoms with van der Waals surface area (Å²) in [5.74, 6) is -0.271. The van der Waals surface area contributed by atoms with Crippen molar-refractivity contribution in [3.8, 4) is 0 Å². The van der Waals surface area contributed by atoms with Gasteiger partial charge in [0.25, 0.3) is 0 Å². The number of rotatable bonds is 8. The first kappa shape index (κ1) is 28.2. The molecule has 3 aromatic carbocycles. The molecule has 4 rings (SSSR count). The number of nitrogens with two attached hydrogens (primary N) is 2. The number of benzene rings is 3. The largest absolute Gasteiger partial charge is 0.399 e. The van der Waals surface area contributed by atoms with Crippen molar-refractivity contribution in [2.45, 2.75) is 30.2 Å². The summed E-state index contributed by atoms with van der Waals surface area (Å²) in [5.41, 5.74) is 12.8. The molecule has 0 radical (unpaired) electrons. The van der Waals surface area contributed by atoms with Crippen LogP contribution in [0.4, 0.5) is 5.69 Å². The van der Waals surface area contributed by atoms with Crippen LogP contribution in [0.2, 0.25) is 0 Å². The lowest BCUT2D eigenvalue weighted by atomic mass is 9.98. The third-order valence-corrected chi connectivity index (χ3v) is 7.93. The Morgan fingerprint density at radius 2 is 1.84 bits per heavy atom. The van der Waals surface area contributed by atoms with Crippen molar-refractivity contribution in [1.82, 2.24) is 14.9 Å². The maximum absolute atomic E-state index is 13.3. The number of carbonyl (C=O) groups is 1. The van der Waals surface area contributed by atoms with Gasteiger partial charge in [0.15, 0.2) is 5.96 Å². The van der Waals surface area contributed by atoms with Crippen LogP contribution >= 0.6 is 12.4 Å². The molecule has 1 saturated heterocycles. The number of nitrogens with zero attached hydrogens (tertiary/aromatic N) is 1. The number of hydrogen-bond acceptors (Lipinski definition) is 5. The number of halogens is 1. The molecule has 0 aliphatic carbocycles. The number of anilines is 1. The van der Waals surface area contributed by atoms with Gasteiger partial charge in [0, 0.05) is 25.3 Å². The van der Waals surface area contributed by atoms with Crippen LogP contribution in [0.3, 0.4) is 0 Å². The normalized spacial score (nSPS) is 16.5. The zero-order valence-corrected chi connectivity index (χ0v) is 22.0. The molecule has 37 heavy (non-hydrogen) atoms. The predicted octanol–water partition coefficient (Wildman–Crippen LogP) is 2.46. The van der Waals surface area contributed by atoms with E-state index in [0.29, 0.717) is 18.8 Å². The van der Waals surface area contributed by atoms with Crippen molar-refractivity contribution < 1.29 is 13.2 Å². The molecule has 0 bridgehead atoms. The molecular weight excluding hydrogens is 512 g/mol. The number of amides is 1. The fourth-order valence-corrected chi connectivity index (χ4v) is 5.78. The topological polar surface area (TPSA) is 154 Å². The summed E-state index contributed by atoms with van der Waals surface area (Å²) in [7, 11) is -3.98. The molecule has 1 aliphatic heterocycles. The second-order valence-corrected chi connectivity index (χ2v) is 10.9. The molecule has 9 nitrogen and oxygen atoms in total. The summed E-state index contributed by atoms with van der Waals surface area (Å²) in [6.45, 7) is 1.68. The molecule has 1 unspecified atom stereocenters. The van der Waals surface area contributed by atoms with Gasteiger partial charge in [-0.05, 0) is 65.8 Å². The van der Waals surface area contributed by atoms with Crippen LogP contribution in [0.15, 0.2) is 71.6 Å². The Balaban J connectivity index is 0.00000380. The highest BCUT2D eigenvalue weighted by Crippen LogP contribution is 2.20. The SMILES string of the molecule is Cl.N=C(N)N1CCC[C@@H](CNC(=O)C(Cc2cccc(N)c2)NS(=O)(=O)c2ccc3ccccc3c2)C1. The molecular formula is C26H33ClN6O3S. The van der Waals surface area contributed by atoms with Gasteiger partial charge < -0.3 is 21.7 Å². The number of fused-ring (bicyclic) bond motifs is 1. The van der Waals surface area contributed by atoms with E-state index in [2.05, 4.69) is 10.0 Å². The molecule has 1 heterocycles. The van der Waals surface area contributed by atoms with Crippen molar-refractivity contribution in [3.63, 3.8) is 0 Å². The first-order chi connectivity index (χ1) is 17.2. The molecule has 11 heteroatoms. The van der Waals surface area contributed by atoms with E-state index in [0.717, 1.165) is 35.7 Å². The van der Waals surface area contributed by atoms with Crippen molar-refractivity contribution in [1.29, 1.82) is 5.41 Å². The molecule has 0 spiro atoms. The van der Waals surface area contributed by atoms with Crippen molar-refractivity contribution >= 4 is 50.8 Å². The molecule has 2 atom stereocenters. The van der Waals surface area contributed by atoms with Crippen molar-refractivity contribution in [2.75, 3.05) is 25.4 Å². The Kier molecular flexibility index (Phi) is 9.36. The van der Waals surface area contributed by atoms with E-state index in [9.17, 15) is 13.2 Å². The van der Waals surface area contributed by atoms with Crippen LogP contribution in [0, 0.1) is 11.3 Å². The smallest absolute Gasteiger partial charge is 0.241 e. The number of likely N-dealkylation sites (tertiary alicyclic amines) is 1. The van der Waals surface area contributed by atoms with E-state index in [1.165, 1.54) is 0 Å². The molecule has 7 N–H and O–H groups in total. The van der Waals surface area contributed by atoms with Crippen LogP contribution in [-0.4, -0.2) is 50.9 Å². The van der Waals surface area contributed by atoms with Gasteiger partial charge >= 0.3 is 0 Å². The van der Waals surface area contributed by atoms with Crippen molar-refractivity contribution in [3.05, 3.63) is 72.3 Å². The second-order valence-electron chi connectivity index (χ2n) is 9.22. The van der Waals surface area contributed by atoms with E-state index in [1.54, 1.807) is 41.3 Å². The van der Waals surface area contributed by atoms with Crippen LogP contribution < -0.4 is 21.5 Å². The molecule has 0 saturated carbocycles. The van der Waals surface area contributed by atoms with E-state index in [-0.39, 0.29) is 35.6 Å². The summed E-state index contributed by atoms with van der Waals surface area (Å²) in [6, 6.07) is 18.4. The van der Waals surface area contributed by atoms with Gasteiger partial charge in [0.2, 0.25) is 15.9 Å². The Hall–Kier alpha value is -3.34. The number of nitrogens with one attached hydrogen (secondary N) is 3. The minimum atomic E-state index is -3.98. The Bertz CT molecular complexity index is 1370. The van der Waals surface area contributed by atoms with Gasteiger partial charge in [-0.3, -0.25) is 10.2 Å². The zero-order valence-electron chi connectivity index (χ0n) is 20.4. The van der Waals surface area contributed by atoms with E-state index in [4.69, 9.17) is 16.9 Å². The summed E-state index contributed by atoms with van der Waals surface area (Å²) in [4.78, 5) is 15.1. The summed E-state index contributed by atoms with van der Waals surface area (Å²) in [5, 5.41) is 12.3. The Labute approximate surface area is 223 Å². The molecule has 3 aromatic rings. The molecule has 198 valence electrons. The maximum atomic E-state index is 13.3. The maximum Gasteiger partial charge on any atom is 0.241 e. The Morgan fingerprint density at radius 1 is 1.08 bits per heavy atom. The lowest BCUT2D eigenvalue weighted by molar-refractivity contribution is -0.122. The highest BCUT2D eigenvalue weighted by Gasteiger charge is 2.28. The van der Waals surface area contributed by atoms with Gasteiger partial charge in [-0.25, -0.2) is 8.42 Å². The second kappa shape index (κ2) is 12.3. The van der Waals surface area contributed by atoms with Gasteiger partial charge in [-0.1, -0.05) is 42.5 Å². The Morgan fingerprint density at radius 3 is 2.57 bits per heavy atom. The quantitative estimate of drug-likeness (QED) is 0.167. The number of hydrogen-bond donors (Lipinski definition) is 5. The van der Waals surface area contributed by atoms with E-state index >= 15 is 0 Å². The lowest BCUT2D eigenvalue weighted by Gasteiger charge is -2.33. The van der Waals surface area contributed by atoms with Gasteiger partial charge in [-0.15, -0.1) is 12.4 Å². The van der Waals surface area contributed by atoms with Crippen LogP contribution in [0.1, 0.15) is 18.4 Å². The summed E-state index contributed by atoms with van der Waals surface area (Å²) < 4.78 is 29.2. The number of nitrogen functional groups attached to an aromatic ring is 1. The third kappa shape index (κ3) is 7.34. The van der Waals surface area contributed by atoms with E-state index in [1.807, 2.05) is 30.3 Å². The van der Waals surface area contributed by atoms with Crippen LogP contribution in [0.25, 0.3) is 10.8 Å². The molecule has 1 fully saturated rings. The van der Waals surface area contributed by atoms with Gasteiger partial charge in [0.1, 0.15) is 6.04 Å². The molecule has 1 amide bonds. The minimum Gasteiger partial charge on any atom is -0.399 e. The fourth-order valence-electron chi connectivity index (χ4n) is 4.55. The number of piperidine rings is 1.